The first-order chi connectivity index (χ1) is 12.9. The minimum absolute atomic E-state index is 0. The van der Waals surface area contributed by atoms with Gasteiger partial charge in [0.25, 0.3) is 0 Å². The molecule has 0 unspecified atom stereocenters. The van der Waals surface area contributed by atoms with Crippen LogP contribution in [0, 0.1) is 5.92 Å². The zero-order valence-electron chi connectivity index (χ0n) is 16.7. The summed E-state index contributed by atoms with van der Waals surface area (Å²) in [5.74, 6) is 0.562. The number of nitrogens with zero attached hydrogens (tertiary/aromatic N) is 1. The van der Waals surface area contributed by atoms with Gasteiger partial charge in [0.05, 0.1) is 4.90 Å². The van der Waals surface area contributed by atoms with Gasteiger partial charge in [-0.3, -0.25) is 4.90 Å². The molecule has 2 aromatic rings. The van der Waals surface area contributed by atoms with Crippen LogP contribution in [0.4, 0.5) is 0 Å². The molecule has 3 rings (SSSR count). The number of hydrogen-bond acceptors (Lipinski definition) is 3. The maximum atomic E-state index is 12.7. The number of rotatable bonds is 7. The molecule has 0 atom stereocenters. The Morgan fingerprint density at radius 2 is 1.57 bits per heavy atom. The molecule has 154 valence electrons. The third-order valence-electron chi connectivity index (χ3n) is 5.04. The highest BCUT2D eigenvalue weighted by Gasteiger charge is 2.24. The van der Waals surface area contributed by atoms with Gasteiger partial charge in [0.15, 0.2) is 0 Å². The first kappa shape index (κ1) is 22.9. The molecule has 6 heteroatoms. The Kier molecular flexibility index (Phi) is 8.50. The van der Waals surface area contributed by atoms with Gasteiger partial charge in [-0.15, -0.1) is 12.4 Å². The lowest BCUT2D eigenvalue weighted by Gasteiger charge is -2.32. The number of sulfonamides is 1. The molecule has 4 nitrogen and oxygen atoms in total. The monoisotopic (exact) mass is 422 g/mol. The third-order valence-corrected chi connectivity index (χ3v) is 6.57. The molecule has 1 heterocycles. The summed E-state index contributed by atoms with van der Waals surface area (Å²) in [4.78, 5) is 2.75. The van der Waals surface area contributed by atoms with Crippen LogP contribution in [-0.4, -0.2) is 32.4 Å². The zero-order chi connectivity index (χ0) is 19.3. The van der Waals surface area contributed by atoms with Crippen LogP contribution in [0.15, 0.2) is 59.5 Å². The average molecular weight is 423 g/mol. The second kappa shape index (κ2) is 10.4. The van der Waals surface area contributed by atoms with Crippen molar-refractivity contribution in [3.63, 3.8) is 0 Å². The lowest BCUT2D eigenvalue weighted by molar-refractivity contribution is 0.200. The minimum Gasteiger partial charge on any atom is -0.299 e. The van der Waals surface area contributed by atoms with Gasteiger partial charge in [-0.1, -0.05) is 56.3 Å². The zero-order valence-corrected chi connectivity index (χ0v) is 18.3. The maximum absolute atomic E-state index is 12.7. The molecule has 0 aromatic heterocycles. The van der Waals surface area contributed by atoms with Crippen LogP contribution in [0.5, 0.6) is 0 Å². The summed E-state index contributed by atoms with van der Waals surface area (Å²) in [6.07, 6.45) is 2.66. The van der Waals surface area contributed by atoms with Crippen molar-refractivity contribution in [2.45, 2.75) is 50.6 Å². The predicted molar refractivity (Wildman–Crippen MR) is 117 cm³/mol. The van der Waals surface area contributed by atoms with E-state index in [0.717, 1.165) is 38.9 Å². The van der Waals surface area contributed by atoms with Crippen molar-refractivity contribution in [3.8, 4) is 0 Å². The van der Waals surface area contributed by atoms with Crippen LogP contribution < -0.4 is 4.72 Å². The van der Waals surface area contributed by atoms with E-state index < -0.39 is 10.0 Å². The standard InChI is InChI=1S/C22H30N2O2S.ClH/c1-18(2)16-19-8-10-22(11-9-19)27(25,26)23-21-12-14-24(15-13-21)17-20-6-4-3-5-7-20;/h3-11,18,21,23H,12-17H2,1-2H3;1H. The highest BCUT2D eigenvalue weighted by Crippen LogP contribution is 2.18. The number of likely N-dealkylation sites (tertiary alicyclic amines) is 1. The van der Waals surface area contributed by atoms with Crippen molar-refractivity contribution < 1.29 is 8.42 Å². The molecular weight excluding hydrogens is 392 g/mol. The van der Waals surface area contributed by atoms with E-state index in [0.29, 0.717) is 10.8 Å². The van der Waals surface area contributed by atoms with E-state index in [4.69, 9.17) is 0 Å². The van der Waals surface area contributed by atoms with Crippen molar-refractivity contribution in [1.29, 1.82) is 0 Å². The van der Waals surface area contributed by atoms with Gasteiger partial charge >= 0.3 is 0 Å². The van der Waals surface area contributed by atoms with E-state index >= 15 is 0 Å². The van der Waals surface area contributed by atoms with E-state index in [-0.39, 0.29) is 18.4 Å². The van der Waals surface area contributed by atoms with Crippen molar-refractivity contribution in [2.75, 3.05) is 13.1 Å². The predicted octanol–water partition coefficient (Wildman–Crippen LogP) is 4.25. The molecule has 2 aromatic carbocycles. The molecule has 0 spiro atoms. The molecule has 1 saturated heterocycles. The number of hydrogen-bond donors (Lipinski definition) is 1. The van der Waals surface area contributed by atoms with E-state index in [1.165, 1.54) is 11.1 Å². The summed E-state index contributed by atoms with van der Waals surface area (Å²) in [5.41, 5.74) is 2.48. The molecule has 1 N–H and O–H groups in total. The Bertz CT molecular complexity index is 815. The molecule has 0 bridgehead atoms. The molecule has 0 amide bonds. The molecule has 0 saturated carbocycles. The first-order valence-corrected chi connectivity index (χ1v) is 11.3. The molecule has 28 heavy (non-hydrogen) atoms. The molecule has 0 radical (unpaired) electrons. The SMILES string of the molecule is CC(C)Cc1ccc(S(=O)(=O)NC2CCN(Cc3ccccc3)CC2)cc1.Cl. The normalized spacial score (nSPS) is 16.1. The van der Waals surface area contributed by atoms with Gasteiger partial charge in [-0.05, 0) is 48.4 Å². The van der Waals surface area contributed by atoms with Gasteiger partial charge in [-0.25, -0.2) is 13.1 Å². The van der Waals surface area contributed by atoms with E-state index in [2.05, 4.69) is 47.7 Å². The van der Waals surface area contributed by atoms with Crippen molar-refractivity contribution in [2.24, 2.45) is 5.92 Å². The lowest BCUT2D eigenvalue weighted by atomic mass is 10.0. The smallest absolute Gasteiger partial charge is 0.240 e. The molecule has 1 aliphatic heterocycles. The third kappa shape index (κ3) is 6.59. The van der Waals surface area contributed by atoms with E-state index in [9.17, 15) is 8.42 Å². The van der Waals surface area contributed by atoms with Crippen LogP contribution in [0.25, 0.3) is 0 Å². The Hall–Kier alpha value is -1.40. The first-order valence-electron chi connectivity index (χ1n) is 9.80. The Morgan fingerprint density at radius 1 is 0.964 bits per heavy atom. The second-order valence-electron chi connectivity index (χ2n) is 7.90. The Balaban J connectivity index is 0.00000280. The number of benzene rings is 2. The summed E-state index contributed by atoms with van der Waals surface area (Å²) in [6.45, 7) is 7.08. The molecule has 1 fully saturated rings. The van der Waals surface area contributed by atoms with Crippen LogP contribution in [0.1, 0.15) is 37.8 Å². The number of nitrogens with one attached hydrogen (secondary N) is 1. The number of piperidine rings is 1. The fraction of sp³-hybridized carbons (Fsp3) is 0.455. The quantitative estimate of drug-likeness (QED) is 0.725. The van der Waals surface area contributed by atoms with Gasteiger partial charge in [0.1, 0.15) is 0 Å². The van der Waals surface area contributed by atoms with E-state index in [1.54, 1.807) is 12.1 Å². The Morgan fingerprint density at radius 3 is 2.14 bits per heavy atom. The largest absolute Gasteiger partial charge is 0.299 e. The van der Waals surface area contributed by atoms with Crippen LogP contribution >= 0.6 is 12.4 Å². The van der Waals surface area contributed by atoms with Crippen molar-refractivity contribution in [1.82, 2.24) is 9.62 Å². The van der Waals surface area contributed by atoms with Gasteiger partial charge in [-0.2, -0.15) is 0 Å². The van der Waals surface area contributed by atoms with Gasteiger partial charge < -0.3 is 0 Å². The summed E-state index contributed by atoms with van der Waals surface area (Å²) >= 11 is 0. The second-order valence-corrected chi connectivity index (χ2v) is 9.61. The molecule has 0 aliphatic carbocycles. The van der Waals surface area contributed by atoms with Crippen molar-refractivity contribution >= 4 is 22.4 Å². The lowest BCUT2D eigenvalue weighted by Crippen LogP contribution is -2.44. The summed E-state index contributed by atoms with van der Waals surface area (Å²) in [7, 11) is -3.45. The van der Waals surface area contributed by atoms with Gasteiger partial charge in [0, 0.05) is 25.7 Å². The van der Waals surface area contributed by atoms with E-state index in [1.807, 2.05) is 18.2 Å². The fourth-order valence-corrected chi connectivity index (χ4v) is 4.92. The highest BCUT2D eigenvalue weighted by atomic mass is 35.5. The number of halogens is 1. The average Bonchev–Trinajstić information content (AvgIpc) is 2.64. The van der Waals surface area contributed by atoms with Crippen LogP contribution in [-0.2, 0) is 23.0 Å². The topological polar surface area (TPSA) is 49.4 Å². The fourth-order valence-electron chi connectivity index (χ4n) is 3.61. The summed E-state index contributed by atoms with van der Waals surface area (Å²) in [5, 5.41) is 0. The highest BCUT2D eigenvalue weighted by molar-refractivity contribution is 7.89. The molecule has 1 aliphatic rings. The van der Waals surface area contributed by atoms with Crippen molar-refractivity contribution in [3.05, 3.63) is 65.7 Å². The van der Waals surface area contributed by atoms with Gasteiger partial charge in [0.2, 0.25) is 10.0 Å². The summed E-state index contributed by atoms with van der Waals surface area (Å²) in [6, 6.07) is 17.7. The van der Waals surface area contributed by atoms with Crippen LogP contribution in [0.3, 0.4) is 0 Å². The van der Waals surface area contributed by atoms with Crippen LogP contribution in [0.2, 0.25) is 0 Å². The Labute approximate surface area is 175 Å². The molecular formula is C22H31ClN2O2S. The maximum Gasteiger partial charge on any atom is 0.240 e. The summed E-state index contributed by atoms with van der Waals surface area (Å²) < 4.78 is 28.3. The minimum atomic E-state index is -3.45.